The number of aliphatic carboxylic acids is 1. The third-order valence-corrected chi connectivity index (χ3v) is 3.47. The molecule has 2 heterocycles. The predicted octanol–water partition coefficient (Wildman–Crippen LogP) is 2.00. The van der Waals surface area contributed by atoms with Gasteiger partial charge in [0.2, 0.25) is 5.91 Å². The van der Waals surface area contributed by atoms with Crippen LogP contribution in [0.4, 0.5) is 5.82 Å². The summed E-state index contributed by atoms with van der Waals surface area (Å²) >= 11 is 0. The first-order chi connectivity index (χ1) is 9.13. The van der Waals surface area contributed by atoms with E-state index in [-0.39, 0.29) is 18.2 Å². The minimum absolute atomic E-state index is 0.0159. The van der Waals surface area contributed by atoms with Crippen LogP contribution in [0.1, 0.15) is 12.8 Å². The molecular weight excluding hydrogens is 244 g/mol. The van der Waals surface area contributed by atoms with Gasteiger partial charge in [0.1, 0.15) is 5.82 Å². The molecule has 3 rings (SSSR count). The Labute approximate surface area is 109 Å². The fraction of sp³-hybridized carbons (Fsp3) is 0.286. The van der Waals surface area contributed by atoms with Crippen LogP contribution in [0.25, 0.3) is 10.9 Å². The Bertz CT molecular complexity index is 614. The molecule has 5 heteroatoms. The lowest BCUT2D eigenvalue weighted by molar-refractivity contribution is -0.137. The zero-order valence-electron chi connectivity index (χ0n) is 10.3. The zero-order valence-corrected chi connectivity index (χ0v) is 10.3. The molecule has 0 saturated carbocycles. The summed E-state index contributed by atoms with van der Waals surface area (Å²) in [5, 5.41) is 9.84. The van der Waals surface area contributed by atoms with Crippen LogP contribution in [0, 0.1) is 5.92 Å². The normalized spacial score (nSPS) is 19.3. The summed E-state index contributed by atoms with van der Waals surface area (Å²) in [6, 6.07) is 9.73. The SMILES string of the molecule is O=C(O)CC1CC(=O)N(c2cc3ccccc3[nH]2)C1. The molecule has 0 aliphatic carbocycles. The Kier molecular flexibility index (Phi) is 2.74. The molecule has 1 unspecified atom stereocenters. The van der Waals surface area contributed by atoms with Crippen molar-refractivity contribution in [3.05, 3.63) is 30.3 Å². The highest BCUT2D eigenvalue weighted by Crippen LogP contribution is 2.28. The predicted molar refractivity (Wildman–Crippen MR) is 71.0 cm³/mol. The Morgan fingerprint density at radius 2 is 2.21 bits per heavy atom. The second-order valence-corrected chi connectivity index (χ2v) is 4.91. The molecule has 1 aromatic carbocycles. The average molecular weight is 258 g/mol. The summed E-state index contributed by atoms with van der Waals surface area (Å²) in [6.07, 6.45) is 0.351. The maximum atomic E-state index is 12.0. The number of carboxylic acid groups (broad SMARTS) is 1. The van der Waals surface area contributed by atoms with Gasteiger partial charge in [-0.05, 0) is 18.1 Å². The highest BCUT2D eigenvalue weighted by molar-refractivity contribution is 5.98. The highest BCUT2D eigenvalue weighted by Gasteiger charge is 2.32. The number of fused-ring (bicyclic) bond motifs is 1. The second-order valence-electron chi connectivity index (χ2n) is 4.91. The topological polar surface area (TPSA) is 73.4 Å². The first-order valence-electron chi connectivity index (χ1n) is 6.23. The van der Waals surface area contributed by atoms with Gasteiger partial charge in [-0.2, -0.15) is 0 Å². The number of rotatable bonds is 3. The summed E-state index contributed by atoms with van der Waals surface area (Å²) < 4.78 is 0. The summed E-state index contributed by atoms with van der Waals surface area (Å²) in [7, 11) is 0. The fourth-order valence-corrected chi connectivity index (χ4v) is 2.60. The van der Waals surface area contributed by atoms with Crippen molar-refractivity contribution in [1.29, 1.82) is 0 Å². The number of H-pyrrole nitrogens is 1. The molecular formula is C14H14N2O3. The number of hydrogen-bond acceptors (Lipinski definition) is 2. The largest absolute Gasteiger partial charge is 0.481 e. The van der Waals surface area contributed by atoms with E-state index < -0.39 is 5.97 Å². The Balaban J connectivity index is 1.85. The Morgan fingerprint density at radius 3 is 2.95 bits per heavy atom. The van der Waals surface area contributed by atoms with Crippen LogP contribution >= 0.6 is 0 Å². The first kappa shape index (κ1) is 11.8. The van der Waals surface area contributed by atoms with Crippen LogP contribution in [-0.2, 0) is 9.59 Å². The fourth-order valence-electron chi connectivity index (χ4n) is 2.60. The number of aromatic nitrogens is 1. The molecule has 1 saturated heterocycles. The van der Waals surface area contributed by atoms with Gasteiger partial charge in [0, 0.05) is 23.9 Å². The van der Waals surface area contributed by atoms with Crippen LogP contribution in [0.3, 0.4) is 0 Å². The van der Waals surface area contributed by atoms with Crippen molar-refractivity contribution < 1.29 is 14.7 Å². The number of nitrogens with zero attached hydrogens (tertiary/aromatic N) is 1. The third-order valence-electron chi connectivity index (χ3n) is 3.47. The molecule has 0 bridgehead atoms. The van der Waals surface area contributed by atoms with Gasteiger partial charge in [-0.15, -0.1) is 0 Å². The van der Waals surface area contributed by atoms with E-state index in [4.69, 9.17) is 5.11 Å². The van der Waals surface area contributed by atoms with Gasteiger partial charge in [-0.1, -0.05) is 18.2 Å². The lowest BCUT2D eigenvalue weighted by Crippen LogP contribution is -2.25. The van der Waals surface area contributed by atoms with E-state index in [0.717, 1.165) is 16.7 Å². The molecule has 1 amide bonds. The van der Waals surface area contributed by atoms with Gasteiger partial charge >= 0.3 is 5.97 Å². The minimum atomic E-state index is -0.851. The molecule has 1 fully saturated rings. The van der Waals surface area contributed by atoms with Gasteiger partial charge in [0.25, 0.3) is 0 Å². The lowest BCUT2D eigenvalue weighted by atomic mass is 10.1. The summed E-state index contributed by atoms with van der Waals surface area (Å²) in [5.41, 5.74) is 0.979. The molecule has 2 aromatic rings. The lowest BCUT2D eigenvalue weighted by Gasteiger charge is -2.13. The zero-order chi connectivity index (χ0) is 13.4. The van der Waals surface area contributed by atoms with Crippen LogP contribution in [0.15, 0.2) is 30.3 Å². The molecule has 98 valence electrons. The number of para-hydroxylation sites is 1. The Morgan fingerprint density at radius 1 is 1.42 bits per heavy atom. The molecule has 19 heavy (non-hydrogen) atoms. The number of nitrogens with one attached hydrogen (secondary N) is 1. The summed E-state index contributed by atoms with van der Waals surface area (Å²) in [4.78, 5) is 27.5. The Hall–Kier alpha value is -2.30. The number of aromatic amines is 1. The van der Waals surface area contributed by atoms with E-state index in [1.54, 1.807) is 4.90 Å². The number of anilines is 1. The van der Waals surface area contributed by atoms with Crippen LogP contribution in [0.2, 0.25) is 0 Å². The number of hydrogen-bond donors (Lipinski definition) is 2. The molecule has 1 atom stereocenters. The molecule has 2 N–H and O–H groups in total. The van der Waals surface area contributed by atoms with Crippen LogP contribution < -0.4 is 4.90 Å². The number of benzene rings is 1. The van der Waals surface area contributed by atoms with E-state index in [1.165, 1.54) is 0 Å². The first-order valence-corrected chi connectivity index (χ1v) is 6.23. The van der Waals surface area contributed by atoms with E-state index in [0.29, 0.717) is 13.0 Å². The van der Waals surface area contributed by atoms with Gasteiger partial charge in [0.05, 0.1) is 6.42 Å². The van der Waals surface area contributed by atoms with Crippen LogP contribution in [-0.4, -0.2) is 28.5 Å². The maximum Gasteiger partial charge on any atom is 0.303 e. The van der Waals surface area contributed by atoms with Gasteiger partial charge in [-0.3, -0.25) is 14.5 Å². The third kappa shape index (κ3) is 2.19. The van der Waals surface area contributed by atoms with Crippen molar-refractivity contribution in [2.45, 2.75) is 12.8 Å². The number of amides is 1. The summed E-state index contributed by atoms with van der Waals surface area (Å²) in [6.45, 7) is 0.470. The monoisotopic (exact) mass is 258 g/mol. The highest BCUT2D eigenvalue weighted by atomic mass is 16.4. The van der Waals surface area contributed by atoms with Gasteiger partial charge in [-0.25, -0.2) is 0 Å². The second kappa shape index (κ2) is 4.42. The van der Waals surface area contributed by atoms with E-state index in [2.05, 4.69) is 4.98 Å². The van der Waals surface area contributed by atoms with Crippen LogP contribution in [0.5, 0.6) is 0 Å². The molecule has 5 nitrogen and oxygen atoms in total. The minimum Gasteiger partial charge on any atom is -0.481 e. The molecule has 1 aromatic heterocycles. The molecule has 0 radical (unpaired) electrons. The van der Waals surface area contributed by atoms with Crippen molar-refractivity contribution in [2.75, 3.05) is 11.4 Å². The van der Waals surface area contributed by atoms with Gasteiger partial charge < -0.3 is 10.1 Å². The van der Waals surface area contributed by atoms with Crippen molar-refractivity contribution in [3.63, 3.8) is 0 Å². The van der Waals surface area contributed by atoms with E-state index in [9.17, 15) is 9.59 Å². The molecule has 1 aliphatic heterocycles. The smallest absolute Gasteiger partial charge is 0.303 e. The van der Waals surface area contributed by atoms with Gasteiger partial charge in [0.15, 0.2) is 0 Å². The van der Waals surface area contributed by atoms with E-state index in [1.807, 2.05) is 30.3 Å². The van der Waals surface area contributed by atoms with Crippen molar-refractivity contribution in [3.8, 4) is 0 Å². The summed E-state index contributed by atoms with van der Waals surface area (Å²) in [5.74, 6) is -0.218. The molecule has 0 spiro atoms. The maximum absolute atomic E-state index is 12.0. The number of carboxylic acids is 1. The van der Waals surface area contributed by atoms with E-state index >= 15 is 0 Å². The average Bonchev–Trinajstić information content (AvgIpc) is 2.91. The molecule has 1 aliphatic rings. The standard InChI is InChI=1S/C14H14N2O3/c17-13-5-9(6-14(18)19)8-16(13)12-7-10-3-1-2-4-11(10)15-12/h1-4,7,9,15H,5-6,8H2,(H,18,19). The van der Waals surface area contributed by atoms with Crippen molar-refractivity contribution >= 4 is 28.6 Å². The van der Waals surface area contributed by atoms with Crippen molar-refractivity contribution in [2.24, 2.45) is 5.92 Å². The quantitative estimate of drug-likeness (QED) is 0.884. The number of carbonyl (C=O) groups is 2. The van der Waals surface area contributed by atoms with Crippen molar-refractivity contribution in [1.82, 2.24) is 4.98 Å². The number of carbonyl (C=O) groups excluding carboxylic acids is 1.